The third-order valence-electron chi connectivity index (χ3n) is 2.16. The Morgan fingerprint density at radius 1 is 1.25 bits per heavy atom. The lowest BCUT2D eigenvalue weighted by Crippen LogP contribution is -2.40. The van der Waals surface area contributed by atoms with E-state index in [1.165, 1.54) is 6.07 Å². The zero-order valence-corrected chi connectivity index (χ0v) is 11.7. The van der Waals surface area contributed by atoms with Gasteiger partial charge in [-0.15, -0.1) is 0 Å². The summed E-state index contributed by atoms with van der Waals surface area (Å²) in [5.41, 5.74) is 1.08. The second kappa shape index (κ2) is 7.54. The van der Waals surface area contributed by atoms with Crippen LogP contribution in [0.3, 0.4) is 0 Å². The molecule has 1 aromatic rings. The molecule has 0 unspecified atom stereocenters. The number of nitrogens with one attached hydrogen (secondary N) is 3. The van der Waals surface area contributed by atoms with Gasteiger partial charge in [0.2, 0.25) is 5.91 Å². The number of rotatable bonds is 5. The number of amides is 1. The van der Waals surface area contributed by atoms with Crippen LogP contribution in [0, 0.1) is 11.6 Å². The van der Waals surface area contributed by atoms with Crippen molar-refractivity contribution in [3.8, 4) is 0 Å². The van der Waals surface area contributed by atoms with Crippen LogP contribution in [-0.2, 0) is 4.79 Å². The van der Waals surface area contributed by atoms with Crippen molar-refractivity contribution in [2.45, 2.75) is 6.92 Å². The molecular formula is C13H15F2N3OS. The lowest BCUT2D eigenvalue weighted by atomic mass is 10.3. The van der Waals surface area contributed by atoms with Crippen LogP contribution in [0.5, 0.6) is 0 Å². The average Bonchev–Trinajstić information content (AvgIpc) is 2.38. The number of thiocarbonyl (C=S) groups is 1. The summed E-state index contributed by atoms with van der Waals surface area (Å²) < 4.78 is 25.6. The van der Waals surface area contributed by atoms with E-state index in [9.17, 15) is 13.6 Å². The highest BCUT2D eigenvalue weighted by molar-refractivity contribution is 7.80. The number of halogens is 2. The molecule has 108 valence electrons. The van der Waals surface area contributed by atoms with Gasteiger partial charge >= 0.3 is 0 Å². The van der Waals surface area contributed by atoms with E-state index in [2.05, 4.69) is 22.5 Å². The number of carbonyl (C=O) groups is 1. The van der Waals surface area contributed by atoms with Crippen molar-refractivity contribution in [2.75, 3.05) is 18.4 Å². The number of anilines is 1. The SMILES string of the molecule is C=C(C)CNC(=S)NCC(=O)Nc1ccc(F)c(F)c1. The average molecular weight is 299 g/mol. The normalized spacial score (nSPS) is 9.75. The summed E-state index contributed by atoms with van der Waals surface area (Å²) in [6.07, 6.45) is 0. The third kappa shape index (κ3) is 5.75. The molecule has 0 fully saturated rings. The third-order valence-corrected chi connectivity index (χ3v) is 2.45. The van der Waals surface area contributed by atoms with Gasteiger partial charge in [-0.1, -0.05) is 12.2 Å². The molecule has 0 aliphatic carbocycles. The first-order valence-corrected chi connectivity index (χ1v) is 6.20. The van der Waals surface area contributed by atoms with Crippen LogP contribution in [0.2, 0.25) is 0 Å². The monoisotopic (exact) mass is 299 g/mol. The Bertz CT molecular complexity index is 534. The second-order valence-electron chi connectivity index (χ2n) is 4.17. The van der Waals surface area contributed by atoms with Gasteiger partial charge in [-0.05, 0) is 31.3 Å². The molecule has 0 atom stereocenters. The number of hydrogen-bond donors (Lipinski definition) is 3. The van der Waals surface area contributed by atoms with Gasteiger partial charge < -0.3 is 16.0 Å². The molecule has 7 heteroatoms. The molecule has 1 rings (SSSR count). The molecule has 0 spiro atoms. The summed E-state index contributed by atoms with van der Waals surface area (Å²) in [5.74, 6) is -2.41. The van der Waals surface area contributed by atoms with Gasteiger partial charge in [0.15, 0.2) is 16.7 Å². The van der Waals surface area contributed by atoms with Crippen LogP contribution in [0.4, 0.5) is 14.5 Å². The lowest BCUT2D eigenvalue weighted by molar-refractivity contribution is -0.115. The predicted octanol–water partition coefficient (Wildman–Crippen LogP) is 1.94. The fourth-order valence-corrected chi connectivity index (χ4v) is 1.38. The van der Waals surface area contributed by atoms with Crippen LogP contribution in [0.15, 0.2) is 30.4 Å². The molecular weight excluding hydrogens is 284 g/mol. The van der Waals surface area contributed by atoms with Crippen molar-refractivity contribution < 1.29 is 13.6 Å². The van der Waals surface area contributed by atoms with Gasteiger partial charge in [0.25, 0.3) is 0 Å². The van der Waals surface area contributed by atoms with Crippen LogP contribution in [0.25, 0.3) is 0 Å². The first-order valence-electron chi connectivity index (χ1n) is 5.79. The molecule has 4 nitrogen and oxygen atoms in total. The molecule has 0 aliphatic rings. The maximum Gasteiger partial charge on any atom is 0.243 e. The minimum absolute atomic E-state index is 0.0823. The first kappa shape index (κ1) is 16.0. The van der Waals surface area contributed by atoms with E-state index in [-0.39, 0.29) is 12.2 Å². The zero-order valence-electron chi connectivity index (χ0n) is 10.9. The summed E-state index contributed by atoms with van der Waals surface area (Å²) in [4.78, 5) is 11.6. The van der Waals surface area contributed by atoms with Crippen molar-refractivity contribution >= 4 is 28.9 Å². The molecule has 0 saturated carbocycles. The molecule has 1 aromatic carbocycles. The van der Waals surface area contributed by atoms with Gasteiger partial charge in [0.1, 0.15) is 0 Å². The number of benzene rings is 1. The fourth-order valence-electron chi connectivity index (χ4n) is 1.23. The number of hydrogen-bond acceptors (Lipinski definition) is 2. The highest BCUT2D eigenvalue weighted by Crippen LogP contribution is 2.12. The molecule has 0 aliphatic heterocycles. The maximum absolute atomic E-state index is 12.9. The van der Waals surface area contributed by atoms with Gasteiger partial charge in [0.05, 0.1) is 6.54 Å². The van der Waals surface area contributed by atoms with Crippen molar-refractivity contribution in [3.63, 3.8) is 0 Å². The van der Waals surface area contributed by atoms with Crippen molar-refractivity contribution in [2.24, 2.45) is 0 Å². The van der Waals surface area contributed by atoms with Crippen molar-refractivity contribution in [3.05, 3.63) is 42.0 Å². The molecule has 0 heterocycles. The van der Waals surface area contributed by atoms with E-state index < -0.39 is 17.5 Å². The Morgan fingerprint density at radius 3 is 2.50 bits per heavy atom. The summed E-state index contributed by atoms with van der Waals surface area (Å²) in [6, 6.07) is 3.12. The Hall–Kier alpha value is -2.02. The Kier molecular flexibility index (Phi) is 6.05. The zero-order chi connectivity index (χ0) is 15.1. The van der Waals surface area contributed by atoms with Gasteiger partial charge in [-0.25, -0.2) is 8.78 Å². The van der Waals surface area contributed by atoms with Crippen LogP contribution < -0.4 is 16.0 Å². The highest BCUT2D eigenvalue weighted by Gasteiger charge is 2.06. The van der Waals surface area contributed by atoms with Crippen LogP contribution in [-0.4, -0.2) is 24.1 Å². The van der Waals surface area contributed by atoms with E-state index >= 15 is 0 Å². The van der Waals surface area contributed by atoms with Crippen molar-refractivity contribution in [1.82, 2.24) is 10.6 Å². The largest absolute Gasteiger partial charge is 0.359 e. The van der Waals surface area contributed by atoms with E-state index in [0.29, 0.717) is 11.7 Å². The maximum atomic E-state index is 12.9. The Balaban J connectivity index is 2.38. The Morgan fingerprint density at radius 2 is 1.90 bits per heavy atom. The van der Waals surface area contributed by atoms with E-state index in [1.54, 1.807) is 0 Å². The molecule has 1 amide bonds. The summed E-state index contributed by atoms with van der Waals surface area (Å²) >= 11 is 4.94. The van der Waals surface area contributed by atoms with Crippen LogP contribution in [0.1, 0.15) is 6.92 Å². The molecule has 20 heavy (non-hydrogen) atoms. The molecule has 0 radical (unpaired) electrons. The summed E-state index contributed by atoms with van der Waals surface area (Å²) in [6.45, 7) is 5.97. The fraction of sp³-hybridized carbons (Fsp3) is 0.231. The number of carbonyl (C=O) groups excluding carboxylic acids is 1. The first-order chi connectivity index (χ1) is 9.38. The van der Waals surface area contributed by atoms with Gasteiger partial charge in [-0.3, -0.25) is 4.79 Å². The van der Waals surface area contributed by atoms with Gasteiger partial charge in [-0.2, -0.15) is 0 Å². The second-order valence-corrected chi connectivity index (χ2v) is 4.58. The van der Waals surface area contributed by atoms with E-state index in [1.807, 2.05) is 6.92 Å². The minimum Gasteiger partial charge on any atom is -0.359 e. The quantitative estimate of drug-likeness (QED) is 0.574. The molecule has 0 saturated heterocycles. The minimum atomic E-state index is -1.02. The van der Waals surface area contributed by atoms with E-state index in [0.717, 1.165) is 17.7 Å². The predicted molar refractivity (Wildman–Crippen MR) is 78.4 cm³/mol. The highest BCUT2D eigenvalue weighted by atomic mass is 32.1. The topological polar surface area (TPSA) is 53.2 Å². The van der Waals surface area contributed by atoms with Crippen molar-refractivity contribution in [1.29, 1.82) is 0 Å². The summed E-state index contributed by atoms with van der Waals surface area (Å²) in [7, 11) is 0. The Labute approximate surface area is 121 Å². The molecule has 0 bridgehead atoms. The van der Waals surface area contributed by atoms with Crippen LogP contribution >= 0.6 is 12.2 Å². The molecule has 3 N–H and O–H groups in total. The molecule has 0 aromatic heterocycles. The van der Waals surface area contributed by atoms with E-state index in [4.69, 9.17) is 12.2 Å². The standard InChI is InChI=1S/C13H15F2N3OS/c1-8(2)6-16-13(20)17-7-12(19)18-9-3-4-10(14)11(15)5-9/h3-5H,1,6-7H2,2H3,(H,18,19)(H2,16,17,20). The lowest BCUT2D eigenvalue weighted by Gasteiger charge is -2.10. The smallest absolute Gasteiger partial charge is 0.243 e. The summed E-state index contributed by atoms with van der Waals surface area (Å²) in [5, 5.41) is 8.26. The van der Waals surface area contributed by atoms with Gasteiger partial charge in [0, 0.05) is 18.3 Å².